The summed E-state index contributed by atoms with van der Waals surface area (Å²) in [6, 6.07) is 12.1. The molecule has 1 heterocycles. The molecule has 190 valence electrons. The molecule has 0 spiro atoms. The van der Waals surface area contributed by atoms with Gasteiger partial charge >= 0.3 is 0 Å². The molecule has 0 aliphatic carbocycles. The summed E-state index contributed by atoms with van der Waals surface area (Å²) in [4.78, 5) is 0.292. The molecule has 1 fully saturated rings. The van der Waals surface area contributed by atoms with E-state index in [1.165, 1.54) is 22.7 Å². The van der Waals surface area contributed by atoms with E-state index in [4.69, 9.17) is 14.6 Å². The highest BCUT2D eigenvalue weighted by Gasteiger charge is 2.28. The molecule has 9 heteroatoms. The van der Waals surface area contributed by atoms with E-state index in [1.54, 1.807) is 6.07 Å². The predicted molar refractivity (Wildman–Crippen MR) is 139 cm³/mol. The number of aryl methyl sites for hydroxylation is 1. The van der Waals surface area contributed by atoms with E-state index in [1.807, 2.05) is 38.1 Å². The molecule has 2 aromatic carbocycles. The number of thiol groups is 1. The number of nitrogens with two attached hydrogens (primary N) is 1. The van der Waals surface area contributed by atoms with Gasteiger partial charge in [0.05, 0.1) is 22.1 Å². The summed E-state index contributed by atoms with van der Waals surface area (Å²) in [5, 5.41) is 6.03. The Morgan fingerprint density at radius 3 is 2.35 bits per heavy atom. The van der Waals surface area contributed by atoms with Gasteiger partial charge in [-0.3, -0.25) is 13.7 Å². The standard InChI is InChI=1S/C25H38N2O5S2/c1-5-20-6-8-22(9-7-20)27(17-19(2)3)34(29,30)23-10-11-24(25(16-23)33(4,26)28)32-18-21-12-14-31-15-13-21/h6-11,16,19,21,33H,5,12-15,17-18H2,1-4H3,(H2,26,28). The van der Waals surface area contributed by atoms with E-state index < -0.39 is 20.1 Å². The fourth-order valence-electron chi connectivity index (χ4n) is 3.95. The van der Waals surface area contributed by atoms with Crippen LogP contribution in [0.15, 0.2) is 52.3 Å². The van der Waals surface area contributed by atoms with Gasteiger partial charge in [0, 0.05) is 26.0 Å². The second kappa shape index (κ2) is 11.2. The van der Waals surface area contributed by atoms with E-state index in [0.29, 0.717) is 43.7 Å². The summed E-state index contributed by atoms with van der Waals surface area (Å²) in [5.41, 5.74) is 1.73. The number of anilines is 1. The van der Waals surface area contributed by atoms with Crippen molar-refractivity contribution in [1.82, 2.24) is 0 Å². The molecular weight excluding hydrogens is 472 g/mol. The van der Waals surface area contributed by atoms with E-state index >= 15 is 0 Å². The summed E-state index contributed by atoms with van der Waals surface area (Å²) >= 11 is 0. The van der Waals surface area contributed by atoms with Crippen molar-refractivity contribution in [1.29, 1.82) is 0 Å². The monoisotopic (exact) mass is 510 g/mol. The van der Waals surface area contributed by atoms with Crippen molar-refractivity contribution >= 4 is 25.8 Å². The minimum atomic E-state index is -3.92. The molecule has 0 radical (unpaired) electrons. The van der Waals surface area contributed by atoms with Crippen LogP contribution in [0.25, 0.3) is 0 Å². The molecule has 0 saturated carbocycles. The Morgan fingerprint density at radius 1 is 1.15 bits per heavy atom. The molecule has 0 bridgehead atoms. The van der Waals surface area contributed by atoms with Gasteiger partial charge in [-0.15, -0.1) is 0 Å². The normalized spacial score (nSPS) is 15.9. The van der Waals surface area contributed by atoms with Crippen LogP contribution in [0.3, 0.4) is 0 Å². The highest BCUT2D eigenvalue weighted by Crippen LogP contribution is 2.32. The first-order valence-electron chi connectivity index (χ1n) is 11.8. The maximum absolute atomic E-state index is 13.8. The quantitative estimate of drug-likeness (QED) is 0.474. The number of ether oxygens (including phenoxy) is 2. The van der Waals surface area contributed by atoms with Gasteiger partial charge in [0.2, 0.25) is 0 Å². The molecule has 1 aliphatic heterocycles. The highest BCUT2D eigenvalue weighted by atomic mass is 32.3. The SMILES string of the molecule is CCc1ccc(N(CC(C)C)S(=O)(=O)c2ccc(OCC3CCOCC3)c([SH](C)(N)=O)c2)cc1. The van der Waals surface area contributed by atoms with E-state index in [-0.39, 0.29) is 15.7 Å². The van der Waals surface area contributed by atoms with Gasteiger partial charge in [0.15, 0.2) is 0 Å². The molecule has 0 amide bonds. The number of nitrogens with zero attached hydrogens (tertiary/aromatic N) is 1. The fraction of sp³-hybridized carbons (Fsp3) is 0.520. The van der Waals surface area contributed by atoms with Gasteiger partial charge in [0.25, 0.3) is 10.0 Å². The van der Waals surface area contributed by atoms with Gasteiger partial charge in [-0.2, -0.15) is 0 Å². The third-order valence-electron chi connectivity index (χ3n) is 5.98. The Morgan fingerprint density at radius 2 is 1.79 bits per heavy atom. The maximum atomic E-state index is 13.8. The van der Waals surface area contributed by atoms with Crippen LogP contribution in [0.5, 0.6) is 5.75 Å². The summed E-state index contributed by atoms with van der Waals surface area (Å²) in [7, 11) is -7.21. The summed E-state index contributed by atoms with van der Waals surface area (Å²) < 4.78 is 53.2. The lowest BCUT2D eigenvalue weighted by molar-refractivity contribution is 0.0493. The van der Waals surface area contributed by atoms with Gasteiger partial charge in [-0.1, -0.05) is 32.9 Å². The largest absolute Gasteiger partial charge is 0.492 e. The first kappa shape index (κ1) is 26.7. The molecule has 2 N–H and O–H groups in total. The number of hydrogen-bond acceptors (Lipinski definition) is 5. The van der Waals surface area contributed by atoms with E-state index in [0.717, 1.165) is 24.8 Å². The molecule has 34 heavy (non-hydrogen) atoms. The molecule has 1 saturated heterocycles. The number of benzene rings is 2. The predicted octanol–water partition coefficient (Wildman–Crippen LogP) is 3.78. The molecule has 1 aliphatic rings. The molecule has 0 unspecified atom stereocenters. The van der Waals surface area contributed by atoms with Crippen molar-refractivity contribution in [2.24, 2.45) is 17.0 Å². The molecule has 3 rings (SSSR count). The van der Waals surface area contributed by atoms with Gasteiger partial charge in [-0.05, 0) is 77.1 Å². The Kier molecular flexibility index (Phi) is 8.78. The average molecular weight is 511 g/mol. The summed E-state index contributed by atoms with van der Waals surface area (Å²) in [6.07, 6.45) is 4.10. The highest BCUT2D eigenvalue weighted by molar-refractivity contribution is 8.00. The first-order valence-corrected chi connectivity index (χ1v) is 15.5. The molecule has 0 atom stereocenters. The van der Waals surface area contributed by atoms with Gasteiger partial charge < -0.3 is 9.47 Å². The Hall–Kier alpha value is -1.94. The van der Waals surface area contributed by atoms with Crippen molar-refractivity contribution in [3.05, 3.63) is 48.0 Å². The summed E-state index contributed by atoms with van der Waals surface area (Å²) in [6.45, 7) is 8.17. The van der Waals surface area contributed by atoms with Crippen molar-refractivity contribution in [3.63, 3.8) is 0 Å². The minimum absolute atomic E-state index is 0.0497. The molecule has 7 nitrogen and oxygen atoms in total. The zero-order valence-corrected chi connectivity index (χ0v) is 22.3. The molecular formula is C25H38N2O5S2. The van der Waals surface area contributed by atoms with Crippen LogP contribution in [0, 0.1) is 11.8 Å². The second-order valence-corrected chi connectivity index (χ2v) is 13.8. The third kappa shape index (κ3) is 6.59. The van der Waals surface area contributed by atoms with E-state index in [2.05, 4.69) is 6.92 Å². The smallest absolute Gasteiger partial charge is 0.264 e. The lowest BCUT2D eigenvalue weighted by atomic mass is 10.0. The Bertz CT molecular complexity index is 1100. The zero-order valence-electron chi connectivity index (χ0n) is 20.6. The Labute approximate surface area is 205 Å². The number of rotatable bonds is 10. The number of hydrogen-bond donors (Lipinski definition) is 2. The third-order valence-corrected chi connectivity index (χ3v) is 9.07. The van der Waals surface area contributed by atoms with Crippen LogP contribution in [0.2, 0.25) is 0 Å². The maximum Gasteiger partial charge on any atom is 0.264 e. The lowest BCUT2D eigenvalue weighted by Gasteiger charge is -2.28. The van der Waals surface area contributed by atoms with Crippen LogP contribution in [0.1, 0.15) is 39.2 Å². The lowest BCUT2D eigenvalue weighted by Crippen LogP contribution is -2.34. The first-order chi connectivity index (χ1) is 16.0. The van der Waals surface area contributed by atoms with Crippen LogP contribution >= 0.6 is 0 Å². The van der Waals surface area contributed by atoms with Crippen LogP contribution in [-0.4, -0.2) is 45.2 Å². The molecule has 2 aromatic rings. The average Bonchev–Trinajstić information content (AvgIpc) is 2.81. The van der Waals surface area contributed by atoms with Crippen molar-refractivity contribution in [2.45, 2.75) is 49.8 Å². The number of sulfonamides is 1. The molecule has 0 aromatic heterocycles. The Balaban J connectivity index is 1.96. The van der Waals surface area contributed by atoms with Crippen LogP contribution in [-0.2, 0) is 31.3 Å². The summed E-state index contributed by atoms with van der Waals surface area (Å²) in [5.74, 6) is 0.821. The zero-order chi connectivity index (χ0) is 24.9. The van der Waals surface area contributed by atoms with Crippen LogP contribution < -0.4 is 14.2 Å². The van der Waals surface area contributed by atoms with Gasteiger partial charge in [0.1, 0.15) is 5.75 Å². The van der Waals surface area contributed by atoms with Crippen molar-refractivity contribution in [2.75, 3.05) is 36.9 Å². The van der Waals surface area contributed by atoms with Crippen LogP contribution in [0.4, 0.5) is 5.69 Å². The van der Waals surface area contributed by atoms with Gasteiger partial charge in [-0.25, -0.2) is 8.42 Å². The van der Waals surface area contributed by atoms with Crippen molar-refractivity contribution < 1.29 is 22.1 Å². The topological polar surface area (TPSA) is 98.9 Å². The van der Waals surface area contributed by atoms with Crippen molar-refractivity contribution in [3.8, 4) is 5.75 Å². The second-order valence-electron chi connectivity index (χ2n) is 9.44. The van der Waals surface area contributed by atoms with E-state index in [9.17, 15) is 12.6 Å². The minimum Gasteiger partial charge on any atom is -0.492 e. The fourth-order valence-corrected chi connectivity index (χ4v) is 6.66.